The van der Waals surface area contributed by atoms with Gasteiger partial charge < -0.3 is 14.7 Å². The van der Waals surface area contributed by atoms with Crippen LogP contribution in [0.5, 0.6) is 5.75 Å². The zero-order chi connectivity index (χ0) is 22.3. The molecule has 0 spiro atoms. The SMILES string of the molecule is COc1ccc2nccc(CCC[C@@H]3CCN(CC4CCCC4)C[C@@H]3CCC(=O)O)c2c1. The fraction of sp³-hybridized carbons (Fsp3) is 0.630. The minimum atomic E-state index is -0.658. The zero-order valence-electron chi connectivity index (χ0n) is 19.5. The van der Waals surface area contributed by atoms with Gasteiger partial charge in [-0.25, -0.2) is 0 Å². The number of likely N-dealkylation sites (tertiary alicyclic amines) is 1. The molecule has 1 aliphatic carbocycles. The fourth-order valence-corrected chi connectivity index (χ4v) is 5.98. The van der Waals surface area contributed by atoms with Gasteiger partial charge in [0, 0.05) is 31.1 Å². The summed E-state index contributed by atoms with van der Waals surface area (Å²) >= 11 is 0. The number of carboxylic acids is 1. The topological polar surface area (TPSA) is 62.7 Å². The third-order valence-electron chi connectivity index (χ3n) is 7.76. The Bertz CT molecular complexity index is 894. The van der Waals surface area contributed by atoms with Gasteiger partial charge in [-0.2, -0.15) is 0 Å². The van der Waals surface area contributed by atoms with Gasteiger partial charge in [0.15, 0.2) is 0 Å². The van der Waals surface area contributed by atoms with Crippen LogP contribution in [0.3, 0.4) is 0 Å². The number of piperidine rings is 1. The second kappa shape index (κ2) is 11.1. The summed E-state index contributed by atoms with van der Waals surface area (Å²) in [5.41, 5.74) is 2.34. The van der Waals surface area contributed by atoms with Crippen molar-refractivity contribution in [3.63, 3.8) is 0 Å². The molecule has 4 rings (SSSR count). The van der Waals surface area contributed by atoms with Gasteiger partial charge in [-0.1, -0.05) is 12.8 Å². The summed E-state index contributed by atoms with van der Waals surface area (Å²) in [6.07, 6.45) is 13.1. The van der Waals surface area contributed by atoms with Crippen molar-refractivity contribution in [2.45, 2.75) is 64.2 Å². The number of carboxylic acid groups (broad SMARTS) is 1. The van der Waals surface area contributed by atoms with E-state index in [2.05, 4.69) is 22.0 Å². The Labute approximate surface area is 192 Å². The second-order valence-corrected chi connectivity index (χ2v) is 9.90. The highest BCUT2D eigenvalue weighted by molar-refractivity contribution is 5.83. The van der Waals surface area contributed by atoms with Gasteiger partial charge in [-0.15, -0.1) is 0 Å². The maximum Gasteiger partial charge on any atom is 0.303 e. The molecule has 2 heterocycles. The predicted octanol–water partition coefficient (Wildman–Crippen LogP) is 5.56. The Morgan fingerprint density at radius 1 is 1.16 bits per heavy atom. The molecule has 1 saturated heterocycles. The lowest BCUT2D eigenvalue weighted by molar-refractivity contribution is -0.137. The standard InChI is InChI=1S/C27H38N2O3/c1-32-24-10-11-26-25(17-24)22(13-15-28-26)8-4-7-21-14-16-29(18-20-5-2-3-6-20)19-23(21)9-12-27(30)31/h10-11,13,15,17,20-21,23H,2-9,12,14,16,18-19H2,1H3,(H,30,31)/t21-,23+/m1/s1. The van der Waals surface area contributed by atoms with Crippen LogP contribution in [0.25, 0.3) is 10.9 Å². The summed E-state index contributed by atoms with van der Waals surface area (Å²) in [5.74, 6) is 2.22. The van der Waals surface area contributed by atoms with Gasteiger partial charge in [-0.05, 0) is 99.1 Å². The number of hydrogen-bond donors (Lipinski definition) is 1. The van der Waals surface area contributed by atoms with Crippen molar-refractivity contribution in [3.05, 3.63) is 36.0 Å². The number of methoxy groups -OCH3 is 1. The molecule has 0 amide bonds. The van der Waals surface area contributed by atoms with Crippen molar-refractivity contribution in [2.75, 3.05) is 26.7 Å². The molecular weight excluding hydrogens is 400 g/mol. The number of pyridine rings is 1. The molecule has 2 fully saturated rings. The minimum absolute atomic E-state index is 0.299. The number of aryl methyl sites for hydroxylation is 1. The summed E-state index contributed by atoms with van der Waals surface area (Å²) in [6, 6.07) is 8.22. The quantitative estimate of drug-likeness (QED) is 0.526. The number of carbonyl (C=O) groups is 1. The molecule has 2 atom stereocenters. The minimum Gasteiger partial charge on any atom is -0.497 e. The van der Waals surface area contributed by atoms with Crippen molar-refractivity contribution in [1.29, 1.82) is 0 Å². The van der Waals surface area contributed by atoms with Crippen LogP contribution >= 0.6 is 0 Å². The third kappa shape index (κ3) is 6.00. The van der Waals surface area contributed by atoms with E-state index in [4.69, 9.17) is 4.74 Å². The number of rotatable bonds is 10. The highest BCUT2D eigenvalue weighted by Crippen LogP contribution is 2.34. The largest absolute Gasteiger partial charge is 0.497 e. The average molecular weight is 439 g/mol. The zero-order valence-corrected chi connectivity index (χ0v) is 19.5. The number of nitrogens with zero attached hydrogens (tertiary/aromatic N) is 2. The molecule has 1 aromatic heterocycles. The highest BCUT2D eigenvalue weighted by atomic mass is 16.5. The number of ether oxygens (including phenoxy) is 1. The first kappa shape index (κ1) is 23.0. The van der Waals surface area contributed by atoms with E-state index in [-0.39, 0.29) is 0 Å². The summed E-state index contributed by atoms with van der Waals surface area (Å²) in [6.45, 7) is 3.49. The van der Waals surface area contributed by atoms with Crippen LogP contribution in [0, 0.1) is 17.8 Å². The van der Waals surface area contributed by atoms with Gasteiger partial charge in [0.1, 0.15) is 5.75 Å². The molecule has 1 aliphatic heterocycles. The van der Waals surface area contributed by atoms with E-state index in [0.717, 1.165) is 43.0 Å². The Morgan fingerprint density at radius 3 is 2.78 bits per heavy atom. The van der Waals surface area contributed by atoms with Crippen LogP contribution in [-0.4, -0.2) is 47.7 Å². The van der Waals surface area contributed by atoms with E-state index in [9.17, 15) is 9.90 Å². The first-order chi connectivity index (χ1) is 15.6. The number of aliphatic carboxylic acids is 1. The number of hydrogen-bond acceptors (Lipinski definition) is 4. The average Bonchev–Trinajstić information content (AvgIpc) is 3.31. The molecule has 2 aliphatic rings. The fourth-order valence-electron chi connectivity index (χ4n) is 5.98. The highest BCUT2D eigenvalue weighted by Gasteiger charge is 2.30. The monoisotopic (exact) mass is 438 g/mol. The van der Waals surface area contributed by atoms with Crippen molar-refractivity contribution < 1.29 is 14.6 Å². The van der Waals surface area contributed by atoms with E-state index in [1.54, 1.807) is 7.11 Å². The van der Waals surface area contributed by atoms with E-state index >= 15 is 0 Å². The van der Waals surface area contributed by atoms with Gasteiger partial charge in [0.05, 0.1) is 12.6 Å². The lowest BCUT2D eigenvalue weighted by Gasteiger charge is -2.40. The lowest BCUT2D eigenvalue weighted by atomic mass is 9.79. The van der Waals surface area contributed by atoms with Crippen LogP contribution in [0.4, 0.5) is 0 Å². The van der Waals surface area contributed by atoms with Crippen LogP contribution in [0.2, 0.25) is 0 Å². The molecule has 1 aromatic carbocycles. The number of benzene rings is 1. The molecule has 0 unspecified atom stereocenters. The summed E-state index contributed by atoms with van der Waals surface area (Å²) in [4.78, 5) is 18.4. The molecule has 1 saturated carbocycles. The van der Waals surface area contributed by atoms with E-state index in [0.29, 0.717) is 18.3 Å². The predicted molar refractivity (Wildman–Crippen MR) is 128 cm³/mol. The Balaban J connectivity index is 1.35. The Hall–Kier alpha value is -2.14. The first-order valence-corrected chi connectivity index (χ1v) is 12.5. The smallest absolute Gasteiger partial charge is 0.303 e. The maximum atomic E-state index is 11.3. The van der Waals surface area contributed by atoms with Crippen molar-refractivity contribution in [2.24, 2.45) is 17.8 Å². The molecule has 174 valence electrons. The van der Waals surface area contributed by atoms with Gasteiger partial charge in [0.25, 0.3) is 0 Å². The van der Waals surface area contributed by atoms with Crippen molar-refractivity contribution in [3.8, 4) is 5.75 Å². The van der Waals surface area contributed by atoms with Gasteiger partial charge in [-0.3, -0.25) is 9.78 Å². The second-order valence-electron chi connectivity index (χ2n) is 9.90. The van der Waals surface area contributed by atoms with E-state index in [1.165, 1.54) is 62.6 Å². The number of aromatic nitrogens is 1. The molecular formula is C27H38N2O3. The molecule has 0 radical (unpaired) electrons. The molecule has 0 bridgehead atoms. The lowest BCUT2D eigenvalue weighted by Crippen LogP contribution is -2.42. The Morgan fingerprint density at radius 2 is 2.00 bits per heavy atom. The van der Waals surface area contributed by atoms with Crippen molar-refractivity contribution in [1.82, 2.24) is 9.88 Å². The summed E-state index contributed by atoms with van der Waals surface area (Å²) in [5, 5.41) is 10.4. The van der Waals surface area contributed by atoms with Gasteiger partial charge >= 0.3 is 5.97 Å². The van der Waals surface area contributed by atoms with Crippen LogP contribution < -0.4 is 4.74 Å². The molecule has 5 heteroatoms. The summed E-state index contributed by atoms with van der Waals surface area (Å²) < 4.78 is 5.41. The molecule has 32 heavy (non-hydrogen) atoms. The summed E-state index contributed by atoms with van der Waals surface area (Å²) in [7, 11) is 1.70. The van der Waals surface area contributed by atoms with Crippen LogP contribution in [0.1, 0.15) is 63.4 Å². The van der Waals surface area contributed by atoms with E-state index in [1.807, 2.05) is 18.3 Å². The van der Waals surface area contributed by atoms with Crippen LogP contribution in [0.15, 0.2) is 30.5 Å². The Kier molecular flexibility index (Phi) is 8.01. The van der Waals surface area contributed by atoms with E-state index < -0.39 is 5.97 Å². The number of fused-ring (bicyclic) bond motifs is 1. The molecule has 5 nitrogen and oxygen atoms in total. The van der Waals surface area contributed by atoms with Crippen LogP contribution in [-0.2, 0) is 11.2 Å². The first-order valence-electron chi connectivity index (χ1n) is 12.5. The normalized spacial score (nSPS) is 22.4. The molecule has 1 N–H and O–H groups in total. The van der Waals surface area contributed by atoms with Gasteiger partial charge in [0.2, 0.25) is 0 Å². The van der Waals surface area contributed by atoms with Crippen molar-refractivity contribution >= 4 is 16.9 Å². The maximum absolute atomic E-state index is 11.3. The third-order valence-corrected chi connectivity index (χ3v) is 7.76. The molecule has 2 aromatic rings.